The fourth-order valence-corrected chi connectivity index (χ4v) is 2.59. The Morgan fingerprint density at radius 3 is 2.42 bits per heavy atom. The van der Waals surface area contributed by atoms with Crippen LogP contribution in [0.3, 0.4) is 0 Å². The summed E-state index contributed by atoms with van der Waals surface area (Å²) in [6.07, 6.45) is 0. The van der Waals surface area contributed by atoms with Gasteiger partial charge < -0.3 is 16.0 Å². The molecule has 136 valence electrons. The quantitative estimate of drug-likeness (QED) is 0.643. The molecule has 2 rings (SSSR count). The third-order valence-electron chi connectivity index (χ3n) is 3.58. The van der Waals surface area contributed by atoms with E-state index in [1.165, 1.54) is 0 Å². The van der Waals surface area contributed by atoms with Gasteiger partial charge in [0.15, 0.2) is 0 Å². The van der Waals surface area contributed by atoms with E-state index in [4.69, 9.17) is 0 Å². The molecule has 0 aliphatic rings. The van der Waals surface area contributed by atoms with Gasteiger partial charge in [-0.25, -0.2) is 0 Å². The van der Waals surface area contributed by atoms with Gasteiger partial charge in [-0.3, -0.25) is 14.4 Å². The Balaban J connectivity index is 1.74. The van der Waals surface area contributed by atoms with Crippen LogP contribution in [0, 0.1) is 0 Å². The van der Waals surface area contributed by atoms with Gasteiger partial charge >= 0.3 is 0 Å². The molecule has 0 heterocycles. The van der Waals surface area contributed by atoms with E-state index in [1.54, 1.807) is 31.2 Å². The van der Waals surface area contributed by atoms with Gasteiger partial charge in [0, 0.05) is 16.6 Å². The Bertz CT molecular complexity index is 781. The molecule has 0 bridgehead atoms. The summed E-state index contributed by atoms with van der Waals surface area (Å²) in [6.45, 7) is 1.77. The van der Waals surface area contributed by atoms with Gasteiger partial charge in [-0.15, -0.1) is 0 Å². The van der Waals surface area contributed by atoms with E-state index in [2.05, 4.69) is 31.9 Å². The minimum Gasteiger partial charge on any atom is -0.350 e. The molecule has 0 saturated heterocycles. The summed E-state index contributed by atoms with van der Waals surface area (Å²) in [7, 11) is 0. The third-order valence-corrected chi connectivity index (χ3v) is 4.07. The Kier molecular flexibility index (Phi) is 7.35. The first-order valence-corrected chi connectivity index (χ1v) is 8.90. The zero-order chi connectivity index (χ0) is 18.9. The standard InChI is InChI=1S/C19H20BrN3O3/c1-13(18(25)21-11-14-6-3-2-4-7-14)23-17(24)12-22-19(26)15-8-5-9-16(20)10-15/h2-10,13H,11-12H2,1H3,(H,21,25)(H,22,26)(H,23,24). The normalized spacial score (nSPS) is 11.3. The number of rotatable bonds is 7. The van der Waals surface area contributed by atoms with E-state index in [0.717, 1.165) is 10.0 Å². The van der Waals surface area contributed by atoms with Gasteiger partial charge in [0.25, 0.3) is 5.91 Å². The number of halogens is 1. The molecule has 2 aromatic rings. The van der Waals surface area contributed by atoms with Crippen LogP contribution in [0.4, 0.5) is 0 Å². The van der Waals surface area contributed by atoms with Gasteiger partial charge in [0.2, 0.25) is 11.8 Å². The molecule has 0 aliphatic carbocycles. The fourth-order valence-electron chi connectivity index (χ4n) is 2.19. The Morgan fingerprint density at radius 1 is 1.00 bits per heavy atom. The Hall–Kier alpha value is -2.67. The van der Waals surface area contributed by atoms with Crippen molar-refractivity contribution in [2.24, 2.45) is 0 Å². The van der Waals surface area contributed by atoms with Gasteiger partial charge in [-0.2, -0.15) is 0 Å². The number of carbonyl (C=O) groups is 3. The number of amides is 3. The monoisotopic (exact) mass is 417 g/mol. The maximum atomic E-state index is 12.0. The molecule has 3 N–H and O–H groups in total. The average molecular weight is 418 g/mol. The number of nitrogens with one attached hydrogen (secondary N) is 3. The number of hydrogen-bond acceptors (Lipinski definition) is 3. The number of carbonyl (C=O) groups excluding carboxylic acids is 3. The molecule has 2 aromatic carbocycles. The van der Waals surface area contributed by atoms with Gasteiger partial charge in [-0.1, -0.05) is 52.3 Å². The summed E-state index contributed by atoms with van der Waals surface area (Å²) in [4.78, 5) is 35.9. The van der Waals surface area contributed by atoms with E-state index in [-0.39, 0.29) is 18.4 Å². The lowest BCUT2D eigenvalue weighted by Gasteiger charge is -2.14. The van der Waals surface area contributed by atoms with Crippen molar-refractivity contribution in [1.29, 1.82) is 0 Å². The molecule has 0 aromatic heterocycles. The molecule has 1 unspecified atom stereocenters. The first-order valence-electron chi connectivity index (χ1n) is 8.10. The molecule has 0 radical (unpaired) electrons. The first kappa shape index (κ1) is 19.7. The molecule has 0 saturated carbocycles. The van der Waals surface area contributed by atoms with Crippen molar-refractivity contribution in [2.75, 3.05) is 6.54 Å². The zero-order valence-corrected chi connectivity index (χ0v) is 15.9. The highest BCUT2D eigenvalue weighted by molar-refractivity contribution is 9.10. The lowest BCUT2D eigenvalue weighted by atomic mass is 10.2. The topological polar surface area (TPSA) is 87.3 Å². The van der Waals surface area contributed by atoms with E-state index in [9.17, 15) is 14.4 Å². The van der Waals surface area contributed by atoms with Crippen LogP contribution < -0.4 is 16.0 Å². The lowest BCUT2D eigenvalue weighted by Crippen LogP contribution is -2.47. The maximum absolute atomic E-state index is 12.0. The second kappa shape index (κ2) is 9.72. The predicted molar refractivity (Wildman–Crippen MR) is 102 cm³/mol. The van der Waals surface area contributed by atoms with Gasteiger partial charge in [0.05, 0.1) is 6.54 Å². The van der Waals surface area contributed by atoms with Crippen LogP contribution >= 0.6 is 15.9 Å². The summed E-state index contributed by atoms with van der Waals surface area (Å²) >= 11 is 3.29. The van der Waals surface area contributed by atoms with E-state index >= 15 is 0 Å². The second-order valence-corrected chi connectivity index (χ2v) is 6.60. The molecule has 0 spiro atoms. The highest BCUT2D eigenvalue weighted by Crippen LogP contribution is 2.11. The van der Waals surface area contributed by atoms with Crippen molar-refractivity contribution in [1.82, 2.24) is 16.0 Å². The number of hydrogen-bond donors (Lipinski definition) is 3. The van der Waals surface area contributed by atoms with Crippen LogP contribution in [0.15, 0.2) is 59.1 Å². The maximum Gasteiger partial charge on any atom is 0.251 e. The summed E-state index contributed by atoms with van der Waals surface area (Å²) in [6, 6.07) is 15.6. The van der Waals surface area contributed by atoms with Crippen molar-refractivity contribution in [3.05, 3.63) is 70.2 Å². The molecule has 1 atom stereocenters. The summed E-state index contributed by atoms with van der Waals surface area (Å²) < 4.78 is 0.776. The predicted octanol–water partition coefficient (Wildman–Crippen LogP) is 2.00. The third kappa shape index (κ3) is 6.33. The van der Waals surface area contributed by atoms with Crippen LogP contribution in [0.1, 0.15) is 22.8 Å². The molecule has 7 heteroatoms. The largest absolute Gasteiger partial charge is 0.350 e. The minimum absolute atomic E-state index is 0.207. The highest BCUT2D eigenvalue weighted by Gasteiger charge is 2.16. The van der Waals surface area contributed by atoms with E-state index < -0.39 is 11.9 Å². The Labute approximate surface area is 160 Å². The molecule has 6 nitrogen and oxygen atoms in total. The average Bonchev–Trinajstić information content (AvgIpc) is 2.65. The van der Waals surface area contributed by atoms with Crippen LogP contribution in [-0.4, -0.2) is 30.3 Å². The Morgan fingerprint density at radius 2 is 1.73 bits per heavy atom. The van der Waals surface area contributed by atoms with E-state index in [1.807, 2.05) is 30.3 Å². The van der Waals surface area contributed by atoms with Crippen LogP contribution in [-0.2, 0) is 16.1 Å². The first-order chi connectivity index (χ1) is 12.5. The van der Waals surface area contributed by atoms with Gasteiger partial charge in [-0.05, 0) is 30.7 Å². The van der Waals surface area contributed by atoms with E-state index in [0.29, 0.717) is 12.1 Å². The second-order valence-electron chi connectivity index (χ2n) is 5.69. The molecule has 0 aliphatic heterocycles. The highest BCUT2D eigenvalue weighted by atomic mass is 79.9. The van der Waals surface area contributed by atoms with Crippen molar-refractivity contribution >= 4 is 33.7 Å². The number of benzene rings is 2. The van der Waals surface area contributed by atoms with Crippen LogP contribution in [0.5, 0.6) is 0 Å². The van der Waals surface area contributed by atoms with Crippen molar-refractivity contribution in [3.63, 3.8) is 0 Å². The summed E-state index contributed by atoms with van der Waals surface area (Å²) in [5.41, 5.74) is 1.42. The van der Waals surface area contributed by atoms with Crippen LogP contribution in [0.25, 0.3) is 0 Å². The fraction of sp³-hybridized carbons (Fsp3) is 0.211. The van der Waals surface area contributed by atoms with Crippen molar-refractivity contribution < 1.29 is 14.4 Å². The minimum atomic E-state index is -0.700. The summed E-state index contributed by atoms with van der Waals surface area (Å²) in [5, 5.41) is 7.84. The van der Waals surface area contributed by atoms with Gasteiger partial charge in [0.1, 0.15) is 6.04 Å². The van der Waals surface area contributed by atoms with Crippen molar-refractivity contribution in [2.45, 2.75) is 19.5 Å². The summed E-state index contributed by atoms with van der Waals surface area (Å²) in [5.74, 6) is -1.08. The smallest absolute Gasteiger partial charge is 0.251 e. The lowest BCUT2D eigenvalue weighted by molar-refractivity contribution is -0.128. The van der Waals surface area contributed by atoms with Crippen LogP contribution in [0.2, 0.25) is 0 Å². The molecule has 0 fully saturated rings. The molecule has 3 amide bonds. The SMILES string of the molecule is CC(NC(=O)CNC(=O)c1cccc(Br)c1)C(=O)NCc1ccccc1. The zero-order valence-electron chi connectivity index (χ0n) is 14.3. The molecular formula is C19H20BrN3O3. The molecular weight excluding hydrogens is 398 g/mol. The molecule has 26 heavy (non-hydrogen) atoms. The van der Waals surface area contributed by atoms with Crippen molar-refractivity contribution in [3.8, 4) is 0 Å².